The third-order valence-corrected chi connectivity index (χ3v) is 6.16. The molecule has 6 heteroatoms. The lowest BCUT2D eigenvalue weighted by atomic mass is 9.60. The van der Waals surface area contributed by atoms with Crippen molar-refractivity contribution in [3.05, 3.63) is 0 Å². The maximum absolute atomic E-state index is 6.02. The standard InChI is InChI=1S/C20H37N3O3/c1-3-21-19(22-11-7-12-26-16-8-13-24-15-16)23-17-14-18(25-4-2)20(17)9-5-6-10-20/h16-18H,3-15H2,1-2H3,(H2,21,22,23). The molecule has 1 aliphatic heterocycles. The molecule has 0 amide bonds. The van der Waals surface area contributed by atoms with Gasteiger partial charge >= 0.3 is 0 Å². The third-order valence-electron chi connectivity index (χ3n) is 6.16. The van der Waals surface area contributed by atoms with E-state index in [-0.39, 0.29) is 6.10 Å². The minimum absolute atomic E-state index is 0.290. The highest BCUT2D eigenvalue weighted by atomic mass is 16.5. The summed E-state index contributed by atoms with van der Waals surface area (Å²) in [6.07, 6.45) is 9.02. The van der Waals surface area contributed by atoms with Gasteiger partial charge in [0.15, 0.2) is 5.96 Å². The van der Waals surface area contributed by atoms with Crippen LogP contribution in [0.2, 0.25) is 0 Å². The van der Waals surface area contributed by atoms with Crippen LogP contribution in [0.5, 0.6) is 0 Å². The zero-order chi connectivity index (χ0) is 18.2. The van der Waals surface area contributed by atoms with Crippen molar-refractivity contribution < 1.29 is 14.2 Å². The Morgan fingerprint density at radius 3 is 2.77 bits per heavy atom. The molecule has 1 heterocycles. The summed E-state index contributed by atoms with van der Waals surface area (Å²) in [5.74, 6) is 0.947. The Bertz CT molecular complexity index is 446. The van der Waals surface area contributed by atoms with Crippen molar-refractivity contribution in [2.24, 2.45) is 10.4 Å². The first-order chi connectivity index (χ1) is 12.8. The molecule has 3 fully saturated rings. The predicted molar refractivity (Wildman–Crippen MR) is 104 cm³/mol. The van der Waals surface area contributed by atoms with Crippen LogP contribution in [-0.2, 0) is 14.2 Å². The minimum Gasteiger partial charge on any atom is -0.379 e. The van der Waals surface area contributed by atoms with Gasteiger partial charge in [-0.05, 0) is 46.0 Å². The van der Waals surface area contributed by atoms with Crippen LogP contribution in [0.4, 0.5) is 0 Å². The van der Waals surface area contributed by atoms with Gasteiger partial charge in [-0.15, -0.1) is 0 Å². The third kappa shape index (κ3) is 4.70. The van der Waals surface area contributed by atoms with Crippen molar-refractivity contribution >= 4 is 5.96 Å². The molecule has 0 aromatic heterocycles. The second kappa shape index (κ2) is 9.90. The van der Waals surface area contributed by atoms with Gasteiger partial charge in [0.2, 0.25) is 0 Å². The summed E-state index contributed by atoms with van der Waals surface area (Å²) in [5.41, 5.74) is 0.331. The molecule has 0 aromatic rings. The summed E-state index contributed by atoms with van der Waals surface area (Å²) in [6, 6.07) is 0.492. The molecule has 1 saturated heterocycles. The SMILES string of the molecule is CCNC(=NCCCOC1CCOC1)NC1CC(OCC)C12CCCC2. The van der Waals surface area contributed by atoms with E-state index >= 15 is 0 Å². The zero-order valence-corrected chi connectivity index (χ0v) is 16.6. The summed E-state index contributed by atoms with van der Waals surface area (Å²) in [4.78, 5) is 4.77. The van der Waals surface area contributed by atoms with Crippen LogP contribution in [0.1, 0.15) is 58.8 Å². The van der Waals surface area contributed by atoms with Gasteiger partial charge in [-0.25, -0.2) is 0 Å². The average molecular weight is 368 g/mol. The summed E-state index contributed by atoms with van der Waals surface area (Å²) in [7, 11) is 0. The fraction of sp³-hybridized carbons (Fsp3) is 0.950. The second-order valence-corrected chi connectivity index (χ2v) is 7.79. The van der Waals surface area contributed by atoms with Crippen molar-refractivity contribution in [2.45, 2.75) is 77.0 Å². The summed E-state index contributed by atoms with van der Waals surface area (Å²) < 4.78 is 17.2. The van der Waals surface area contributed by atoms with Crippen LogP contribution in [0.15, 0.2) is 4.99 Å². The first kappa shape index (κ1) is 19.9. The van der Waals surface area contributed by atoms with Crippen molar-refractivity contribution in [2.75, 3.05) is 39.5 Å². The van der Waals surface area contributed by atoms with Crippen molar-refractivity contribution in [3.8, 4) is 0 Å². The zero-order valence-electron chi connectivity index (χ0n) is 16.6. The highest BCUT2D eigenvalue weighted by molar-refractivity contribution is 5.80. The van der Waals surface area contributed by atoms with Gasteiger partial charge in [0.1, 0.15) is 0 Å². The Morgan fingerprint density at radius 2 is 2.08 bits per heavy atom. The van der Waals surface area contributed by atoms with Crippen LogP contribution in [0.25, 0.3) is 0 Å². The van der Waals surface area contributed by atoms with Gasteiger partial charge in [-0.1, -0.05) is 12.8 Å². The average Bonchev–Trinajstić information content (AvgIpc) is 3.33. The van der Waals surface area contributed by atoms with Gasteiger partial charge in [-0.3, -0.25) is 4.99 Å². The Morgan fingerprint density at radius 1 is 1.23 bits per heavy atom. The number of hydrogen-bond donors (Lipinski definition) is 2. The van der Waals surface area contributed by atoms with Crippen LogP contribution in [0.3, 0.4) is 0 Å². The molecule has 3 rings (SSSR count). The Hall–Kier alpha value is -0.850. The van der Waals surface area contributed by atoms with Crippen molar-refractivity contribution in [1.82, 2.24) is 10.6 Å². The number of aliphatic imine (C=N–C) groups is 1. The number of guanidine groups is 1. The second-order valence-electron chi connectivity index (χ2n) is 7.79. The summed E-state index contributed by atoms with van der Waals surface area (Å²) >= 11 is 0. The lowest BCUT2D eigenvalue weighted by molar-refractivity contribution is -0.125. The van der Waals surface area contributed by atoms with Crippen LogP contribution in [0, 0.1) is 5.41 Å². The van der Waals surface area contributed by atoms with Gasteiger partial charge in [0.25, 0.3) is 0 Å². The first-order valence-electron chi connectivity index (χ1n) is 10.6. The van der Waals surface area contributed by atoms with E-state index in [1.54, 1.807) is 0 Å². The van der Waals surface area contributed by atoms with Crippen molar-refractivity contribution in [1.29, 1.82) is 0 Å². The predicted octanol–water partition coefficient (Wildman–Crippen LogP) is 2.47. The minimum atomic E-state index is 0.290. The molecule has 2 aliphatic carbocycles. The Balaban J connectivity index is 1.45. The Kier molecular flexibility index (Phi) is 7.58. The van der Waals surface area contributed by atoms with E-state index in [1.807, 2.05) is 0 Å². The molecule has 0 aromatic carbocycles. The highest BCUT2D eigenvalue weighted by Gasteiger charge is 2.56. The molecule has 2 saturated carbocycles. The van der Waals surface area contributed by atoms with Gasteiger partial charge in [0.05, 0.1) is 18.8 Å². The maximum Gasteiger partial charge on any atom is 0.191 e. The molecular weight excluding hydrogens is 330 g/mol. The van der Waals surface area contributed by atoms with E-state index in [2.05, 4.69) is 24.5 Å². The topological polar surface area (TPSA) is 64.1 Å². The van der Waals surface area contributed by atoms with Crippen molar-refractivity contribution in [3.63, 3.8) is 0 Å². The molecule has 0 radical (unpaired) electrons. The molecule has 3 aliphatic rings. The summed E-state index contributed by atoms with van der Waals surface area (Å²) in [6.45, 7) is 9.07. The molecule has 3 atom stereocenters. The largest absolute Gasteiger partial charge is 0.379 e. The lowest BCUT2D eigenvalue weighted by Crippen LogP contribution is -2.65. The van der Waals surface area contributed by atoms with E-state index < -0.39 is 0 Å². The van der Waals surface area contributed by atoms with Crippen LogP contribution < -0.4 is 10.6 Å². The van der Waals surface area contributed by atoms with E-state index in [1.165, 1.54) is 25.7 Å². The molecule has 0 bridgehead atoms. The normalized spacial score (nSPS) is 30.5. The number of ether oxygens (including phenoxy) is 3. The van der Waals surface area contributed by atoms with Gasteiger partial charge in [0, 0.05) is 44.4 Å². The molecule has 150 valence electrons. The highest BCUT2D eigenvalue weighted by Crippen LogP contribution is 2.54. The van der Waals surface area contributed by atoms with E-state index in [0.29, 0.717) is 17.6 Å². The molecule has 1 spiro atoms. The first-order valence-corrected chi connectivity index (χ1v) is 10.6. The van der Waals surface area contributed by atoms with E-state index in [4.69, 9.17) is 19.2 Å². The van der Waals surface area contributed by atoms with Crippen LogP contribution in [-0.4, -0.2) is 63.7 Å². The lowest BCUT2D eigenvalue weighted by Gasteiger charge is -2.54. The maximum atomic E-state index is 6.02. The molecule has 3 unspecified atom stereocenters. The number of hydrogen-bond acceptors (Lipinski definition) is 4. The fourth-order valence-corrected chi connectivity index (χ4v) is 4.72. The number of rotatable bonds is 9. The number of nitrogens with one attached hydrogen (secondary N) is 2. The molecule has 6 nitrogen and oxygen atoms in total. The molecule has 2 N–H and O–H groups in total. The quantitative estimate of drug-likeness (QED) is 0.372. The fourth-order valence-electron chi connectivity index (χ4n) is 4.72. The van der Waals surface area contributed by atoms with E-state index in [0.717, 1.165) is 64.7 Å². The Labute approximate surface area is 158 Å². The number of nitrogens with zero attached hydrogens (tertiary/aromatic N) is 1. The van der Waals surface area contributed by atoms with Gasteiger partial charge in [-0.2, -0.15) is 0 Å². The van der Waals surface area contributed by atoms with Gasteiger partial charge < -0.3 is 24.8 Å². The smallest absolute Gasteiger partial charge is 0.191 e. The summed E-state index contributed by atoms with van der Waals surface area (Å²) in [5, 5.41) is 7.11. The van der Waals surface area contributed by atoms with Crippen LogP contribution >= 0.6 is 0 Å². The molecule has 26 heavy (non-hydrogen) atoms. The van der Waals surface area contributed by atoms with E-state index in [9.17, 15) is 0 Å². The monoisotopic (exact) mass is 367 g/mol. The molecular formula is C20H37N3O3.